The van der Waals surface area contributed by atoms with Crippen molar-refractivity contribution in [3.8, 4) is 5.88 Å². The van der Waals surface area contributed by atoms with E-state index >= 15 is 0 Å². The van der Waals surface area contributed by atoms with E-state index in [9.17, 15) is 4.79 Å². The van der Waals surface area contributed by atoms with Crippen LogP contribution in [0.4, 0.5) is 0 Å². The number of nitrogens with one attached hydrogen (secondary N) is 1. The zero-order valence-corrected chi connectivity index (χ0v) is 18.9. The van der Waals surface area contributed by atoms with Gasteiger partial charge < -0.3 is 25.1 Å². The van der Waals surface area contributed by atoms with Crippen LogP contribution in [0.15, 0.2) is 23.6 Å². The number of hydrogen-bond donors (Lipinski definition) is 2. The van der Waals surface area contributed by atoms with Crippen molar-refractivity contribution in [2.75, 3.05) is 20.3 Å². The van der Waals surface area contributed by atoms with Crippen LogP contribution in [0, 0.1) is 5.92 Å². The molecule has 2 unspecified atom stereocenters. The zero-order chi connectivity index (χ0) is 22.6. The van der Waals surface area contributed by atoms with Gasteiger partial charge in [0.1, 0.15) is 11.6 Å². The van der Waals surface area contributed by atoms with Crippen LogP contribution in [0.1, 0.15) is 39.3 Å². The molecule has 1 amide bonds. The first-order chi connectivity index (χ1) is 14.7. The largest absolute Gasteiger partial charge is 0.472 e. The number of aryl methyl sites for hydroxylation is 1. The molecule has 1 aliphatic rings. The molecule has 31 heavy (non-hydrogen) atoms. The van der Waals surface area contributed by atoms with Gasteiger partial charge >= 0.3 is 0 Å². The van der Waals surface area contributed by atoms with Gasteiger partial charge in [0.15, 0.2) is 0 Å². The van der Waals surface area contributed by atoms with E-state index in [4.69, 9.17) is 20.2 Å². The number of aromatic nitrogens is 3. The Kier molecular flexibility index (Phi) is 6.94. The van der Waals surface area contributed by atoms with Crippen molar-refractivity contribution in [2.24, 2.45) is 23.7 Å². The predicted molar refractivity (Wildman–Crippen MR) is 121 cm³/mol. The fourth-order valence-corrected chi connectivity index (χ4v) is 3.48. The molecular formula is C22H32N6O3. The first kappa shape index (κ1) is 22.7. The lowest BCUT2D eigenvalue weighted by Crippen LogP contribution is -2.30. The molecule has 2 aromatic rings. The van der Waals surface area contributed by atoms with E-state index in [2.05, 4.69) is 15.3 Å². The van der Waals surface area contributed by atoms with Crippen LogP contribution in [-0.4, -0.2) is 58.6 Å². The highest BCUT2D eigenvalue weighted by molar-refractivity contribution is 6.09. The van der Waals surface area contributed by atoms with Crippen LogP contribution >= 0.6 is 0 Å². The Morgan fingerprint density at radius 3 is 2.87 bits per heavy atom. The molecule has 168 valence electrons. The minimum absolute atomic E-state index is 0.0372. The summed E-state index contributed by atoms with van der Waals surface area (Å²) in [7, 11) is 3.55. The number of carbonyl (C=O) groups excluding carboxylic acids is 1. The van der Waals surface area contributed by atoms with Crippen LogP contribution in [0.5, 0.6) is 5.88 Å². The molecule has 2 atom stereocenters. The molecule has 0 aliphatic carbocycles. The van der Waals surface area contributed by atoms with E-state index in [1.54, 1.807) is 19.7 Å². The summed E-state index contributed by atoms with van der Waals surface area (Å²) in [6, 6.07) is 1.88. The van der Waals surface area contributed by atoms with Crippen LogP contribution in [0.2, 0.25) is 0 Å². The molecule has 0 aromatic carbocycles. The number of fused-ring (bicyclic) bond motifs is 1. The normalized spacial score (nSPS) is 18.7. The lowest BCUT2D eigenvalue weighted by molar-refractivity contribution is -0.119. The number of hydrogen-bond acceptors (Lipinski definition) is 7. The molecule has 0 bridgehead atoms. The number of methoxy groups -OCH3 is 1. The van der Waals surface area contributed by atoms with Gasteiger partial charge in [-0.1, -0.05) is 0 Å². The molecule has 3 N–H and O–H groups in total. The summed E-state index contributed by atoms with van der Waals surface area (Å²) in [5.74, 6) is 0.537. The first-order valence-electron chi connectivity index (χ1n) is 10.4. The number of amides is 1. The van der Waals surface area contributed by atoms with Crippen LogP contribution in [0.25, 0.3) is 16.6 Å². The number of ether oxygens (including phenoxy) is 2. The van der Waals surface area contributed by atoms with Gasteiger partial charge in [-0.05, 0) is 26.8 Å². The van der Waals surface area contributed by atoms with Crippen molar-refractivity contribution in [3.63, 3.8) is 0 Å². The van der Waals surface area contributed by atoms with Crippen molar-refractivity contribution in [1.82, 2.24) is 19.9 Å². The second-order valence-corrected chi connectivity index (χ2v) is 8.79. The van der Waals surface area contributed by atoms with E-state index in [1.165, 1.54) is 6.20 Å². The molecule has 3 heterocycles. The number of carbonyl (C=O) groups is 1. The van der Waals surface area contributed by atoms with Gasteiger partial charge in [0.05, 0.1) is 23.1 Å². The number of allylic oxidation sites excluding steroid dienone is 1. The Hall–Kier alpha value is -2.94. The van der Waals surface area contributed by atoms with Gasteiger partial charge in [0.25, 0.3) is 0 Å². The quantitative estimate of drug-likeness (QED) is 0.622. The fraction of sp³-hybridized carbons (Fsp3) is 0.545. The summed E-state index contributed by atoms with van der Waals surface area (Å²) in [5, 5.41) is 2.88. The maximum Gasteiger partial charge on any atom is 0.241 e. The van der Waals surface area contributed by atoms with Crippen molar-refractivity contribution >= 4 is 28.7 Å². The van der Waals surface area contributed by atoms with E-state index < -0.39 is 0 Å². The Bertz CT molecular complexity index is 989. The van der Waals surface area contributed by atoms with E-state index in [1.807, 2.05) is 38.5 Å². The minimum Gasteiger partial charge on any atom is -0.472 e. The van der Waals surface area contributed by atoms with E-state index in [0.717, 1.165) is 11.0 Å². The Morgan fingerprint density at radius 2 is 2.26 bits per heavy atom. The smallest absolute Gasteiger partial charge is 0.241 e. The highest BCUT2D eigenvalue weighted by Gasteiger charge is 2.32. The SMILES string of the molecule is COCCC(Oc1nc(C(C=NC(C)(C)C)=CN)cc2ncn(C)c12)C1CNC(=O)C1. The first-order valence-corrected chi connectivity index (χ1v) is 10.4. The summed E-state index contributed by atoms with van der Waals surface area (Å²) in [4.78, 5) is 25.6. The Labute approximate surface area is 182 Å². The van der Waals surface area contributed by atoms with Crippen LogP contribution < -0.4 is 15.8 Å². The van der Waals surface area contributed by atoms with Gasteiger partial charge in [-0.25, -0.2) is 9.97 Å². The van der Waals surface area contributed by atoms with Gasteiger partial charge in [0, 0.05) is 64.1 Å². The third-order valence-electron chi connectivity index (χ3n) is 5.13. The summed E-state index contributed by atoms with van der Waals surface area (Å²) in [6.07, 6.45) is 5.78. The van der Waals surface area contributed by atoms with E-state index in [0.29, 0.717) is 43.1 Å². The molecule has 0 spiro atoms. The van der Waals surface area contributed by atoms with Gasteiger partial charge in [0.2, 0.25) is 11.8 Å². The number of pyridine rings is 1. The molecular weight excluding hydrogens is 396 g/mol. The standard InChI is InChI=1S/C22H32N6O3/c1-22(2,3)26-12-15(10-23)16-9-17-20(28(4)13-25-17)21(27-16)31-18(6-7-30-5)14-8-19(29)24-11-14/h9-10,12-14,18H,6-8,11,23H2,1-5H3,(H,24,29). The summed E-state index contributed by atoms with van der Waals surface area (Å²) < 4.78 is 13.6. The number of imidazole rings is 1. The number of nitrogens with zero attached hydrogens (tertiary/aromatic N) is 4. The molecule has 0 saturated carbocycles. The molecule has 3 rings (SSSR count). The monoisotopic (exact) mass is 428 g/mol. The lowest BCUT2D eigenvalue weighted by atomic mass is 9.99. The fourth-order valence-electron chi connectivity index (χ4n) is 3.48. The number of rotatable bonds is 8. The molecule has 2 aromatic heterocycles. The lowest BCUT2D eigenvalue weighted by Gasteiger charge is -2.24. The van der Waals surface area contributed by atoms with Crippen molar-refractivity contribution < 1.29 is 14.3 Å². The van der Waals surface area contributed by atoms with Crippen LogP contribution in [0.3, 0.4) is 0 Å². The van der Waals surface area contributed by atoms with E-state index in [-0.39, 0.29) is 23.5 Å². The molecule has 1 aliphatic heterocycles. The Balaban J connectivity index is 2.00. The third-order valence-corrected chi connectivity index (χ3v) is 5.13. The number of nitrogens with two attached hydrogens (primary N) is 1. The highest BCUT2D eigenvalue weighted by Crippen LogP contribution is 2.30. The number of aliphatic imine (C=N–C) groups is 1. The topological polar surface area (TPSA) is 117 Å². The third kappa shape index (κ3) is 5.61. The maximum atomic E-state index is 11.8. The average molecular weight is 429 g/mol. The summed E-state index contributed by atoms with van der Waals surface area (Å²) >= 11 is 0. The molecule has 9 heteroatoms. The maximum absolute atomic E-state index is 11.8. The summed E-state index contributed by atoms with van der Waals surface area (Å²) in [5.41, 5.74) is 8.49. The van der Waals surface area contributed by atoms with Crippen molar-refractivity contribution in [3.05, 3.63) is 24.3 Å². The van der Waals surface area contributed by atoms with Gasteiger partial charge in [-0.15, -0.1) is 0 Å². The highest BCUT2D eigenvalue weighted by atomic mass is 16.5. The second-order valence-electron chi connectivity index (χ2n) is 8.79. The molecule has 9 nitrogen and oxygen atoms in total. The minimum atomic E-state index is -0.240. The predicted octanol–water partition coefficient (Wildman–Crippen LogP) is 2.06. The second kappa shape index (κ2) is 9.47. The molecule has 1 fully saturated rings. The molecule has 1 saturated heterocycles. The molecule has 0 radical (unpaired) electrons. The van der Waals surface area contributed by atoms with Crippen LogP contribution in [-0.2, 0) is 16.6 Å². The van der Waals surface area contributed by atoms with Gasteiger partial charge in [-0.2, -0.15) is 0 Å². The zero-order valence-electron chi connectivity index (χ0n) is 18.9. The Morgan fingerprint density at radius 1 is 1.48 bits per heavy atom. The van der Waals surface area contributed by atoms with Crippen molar-refractivity contribution in [1.29, 1.82) is 0 Å². The average Bonchev–Trinajstić information content (AvgIpc) is 3.30. The summed E-state index contributed by atoms with van der Waals surface area (Å²) in [6.45, 7) is 7.14. The van der Waals surface area contributed by atoms with Gasteiger partial charge in [-0.3, -0.25) is 9.79 Å². The van der Waals surface area contributed by atoms with Crippen molar-refractivity contribution in [2.45, 2.75) is 45.3 Å².